The Morgan fingerprint density at radius 1 is 1.42 bits per heavy atom. The first kappa shape index (κ1) is 13.6. The Hall–Kier alpha value is -0.330. The number of rotatable bonds is 3. The van der Waals surface area contributed by atoms with Crippen LogP contribution in [0.15, 0.2) is 28.7 Å². The Bertz CT molecular complexity index is 569. The van der Waals surface area contributed by atoms with E-state index in [1.54, 1.807) is 0 Å². The van der Waals surface area contributed by atoms with Crippen molar-refractivity contribution in [1.82, 2.24) is 5.43 Å². The average Bonchev–Trinajstić information content (AvgIpc) is 2.86. The first-order valence-electron chi connectivity index (χ1n) is 6.13. The van der Waals surface area contributed by atoms with E-state index in [0.717, 1.165) is 28.2 Å². The minimum absolute atomic E-state index is 0.0290. The summed E-state index contributed by atoms with van der Waals surface area (Å²) in [7, 11) is 0. The molecule has 0 saturated carbocycles. The number of thioether (sulfide) groups is 2. The van der Waals surface area contributed by atoms with Crippen LogP contribution in [0.1, 0.15) is 11.8 Å². The highest BCUT2D eigenvalue weighted by molar-refractivity contribution is 8.06. The zero-order valence-corrected chi connectivity index (χ0v) is 12.7. The minimum atomic E-state index is 0.0290. The summed E-state index contributed by atoms with van der Waals surface area (Å²) in [6.07, 6.45) is 0. The molecule has 3 nitrogen and oxygen atoms in total. The van der Waals surface area contributed by atoms with Crippen LogP contribution in [0.5, 0.6) is 0 Å². The fourth-order valence-electron chi connectivity index (χ4n) is 2.27. The highest BCUT2D eigenvalue weighted by Crippen LogP contribution is 2.36. The summed E-state index contributed by atoms with van der Waals surface area (Å²) in [5, 5.41) is 2.10. The molecule has 2 unspecified atom stereocenters. The van der Waals surface area contributed by atoms with Crippen LogP contribution in [0.4, 0.5) is 0 Å². The molecule has 1 aliphatic heterocycles. The molecule has 102 valence electrons. The first-order chi connectivity index (χ1) is 9.29. The third-order valence-electron chi connectivity index (χ3n) is 3.21. The number of hydrogen-bond donors (Lipinski definition) is 2. The second kappa shape index (κ2) is 5.97. The van der Waals surface area contributed by atoms with E-state index in [1.807, 2.05) is 47.8 Å². The standard InChI is InChI=1S/C13H15ClN2OS2/c14-9-3-1-2-8-6-10(17-13(8)9)12(16-15)11-7-18-4-5-19-11/h1-3,6,11-12,16H,4-5,7,15H2. The molecule has 0 bridgehead atoms. The lowest BCUT2D eigenvalue weighted by Gasteiger charge is -2.27. The number of hydrazine groups is 1. The molecule has 19 heavy (non-hydrogen) atoms. The van der Waals surface area contributed by atoms with Crippen molar-refractivity contribution in [3.63, 3.8) is 0 Å². The highest BCUT2D eigenvalue weighted by atomic mass is 35.5. The van der Waals surface area contributed by atoms with Crippen molar-refractivity contribution in [1.29, 1.82) is 0 Å². The van der Waals surface area contributed by atoms with Gasteiger partial charge in [0.1, 0.15) is 5.76 Å². The van der Waals surface area contributed by atoms with E-state index in [-0.39, 0.29) is 6.04 Å². The fourth-order valence-corrected chi connectivity index (χ4v) is 5.32. The normalized spacial score (nSPS) is 21.7. The predicted molar refractivity (Wildman–Crippen MR) is 84.9 cm³/mol. The fraction of sp³-hybridized carbons (Fsp3) is 0.385. The molecule has 2 heterocycles. The molecule has 3 N–H and O–H groups in total. The minimum Gasteiger partial charge on any atom is -0.458 e. The maximum absolute atomic E-state index is 6.15. The van der Waals surface area contributed by atoms with E-state index < -0.39 is 0 Å². The van der Waals surface area contributed by atoms with Gasteiger partial charge in [-0.3, -0.25) is 5.84 Å². The van der Waals surface area contributed by atoms with E-state index in [2.05, 4.69) is 5.43 Å². The molecule has 2 aromatic rings. The van der Waals surface area contributed by atoms with Crippen LogP contribution < -0.4 is 11.3 Å². The lowest BCUT2D eigenvalue weighted by molar-refractivity contribution is 0.436. The van der Waals surface area contributed by atoms with Gasteiger partial charge in [-0.05, 0) is 12.1 Å². The second-order valence-electron chi connectivity index (χ2n) is 4.44. The Morgan fingerprint density at radius 2 is 2.32 bits per heavy atom. The van der Waals surface area contributed by atoms with Crippen LogP contribution in [0, 0.1) is 0 Å². The molecular weight excluding hydrogens is 300 g/mol. The Kier molecular flexibility index (Phi) is 4.29. The lowest BCUT2D eigenvalue weighted by Crippen LogP contribution is -2.37. The molecule has 0 aliphatic carbocycles. The Morgan fingerprint density at radius 3 is 3.00 bits per heavy atom. The monoisotopic (exact) mass is 314 g/mol. The molecule has 1 aliphatic rings. The smallest absolute Gasteiger partial charge is 0.152 e. The summed E-state index contributed by atoms with van der Waals surface area (Å²) in [5.41, 5.74) is 3.64. The third kappa shape index (κ3) is 2.76. The summed E-state index contributed by atoms with van der Waals surface area (Å²) < 4.78 is 5.91. The quantitative estimate of drug-likeness (QED) is 0.671. The van der Waals surface area contributed by atoms with Crippen LogP contribution in [-0.2, 0) is 0 Å². The van der Waals surface area contributed by atoms with Gasteiger partial charge in [0.2, 0.25) is 0 Å². The third-order valence-corrected chi connectivity index (χ3v) is 6.38. The molecule has 1 aromatic heterocycles. The van der Waals surface area contributed by atoms with Gasteiger partial charge in [0, 0.05) is 27.9 Å². The SMILES string of the molecule is NNC(c1cc2cccc(Cl)c2o1)C1CSCCS1. The number of furan rings is 1. The molecule has 0 spiro atoms. The second-order valence-corrected chi connectivity index (χ2v) is 7.34. The van der Waals surface area contributed by atoms with E-state index in [4.69, 9.17) is 21.9 Å². The van der Waals surface area contributed by atoms with Crippen LogP contribution in [0.25, 0.3) is 11.0 Å². The Balaban J connectivity index is 1.94. The van der Waals surface area contributed by atoms with Gasteiger partial charge in [0.25, 0.3) is 0 Å². The molecule has 0 radical (unpaired) electrons. The average molecular weight is 315 g/mol. The zero-order valence-electron chi connectivity index (χ0n) is 10.3. The molecule has 1 saturated heterocycles. The number of benzene rings is 1. The molecule has 3 rings (SSSR count). The largest absolute Gasteiger partial charge is 0.458 e. The summed E-state index contributed by atoms with van der Waals surface area (Å²) in [6.45, 7) is 0. The number of fused-ring (bicyclic) bond motifs is 1. The molecule has 6 heteroatoms. The van der Waals surface area contributed by atoms with E-state index in [1.165, 1.54) is 5.75 Å². The van der Waals surface area contributed by atoms with Gasteiger partial charge in [-0.1, -0.05) is 23.7 Å². The van der Waals surface area contributed by atoms with Crippen molar-refractivity contribution in [2.45, 2.75) is 11.3 Å². The number of para-hydroxylation sites is 1. The van der Waals surface area contributed by atoms with Gasteiger partial charge >= 0.3 is 0 Å². The molecule has 1 fully saturated rings. The molecule has 1 aromatic carbocycles. The van der Waals surface area contributed by atoms with Gasteiger partial charge in [0.15, 0.2) is 5.58 Å². The lowest BCUT2D eigenvalue weighted by atomic mass is 10.1. The number of nitrogens with two attached hydrogens (primary N) is 1. The van der Waals surface area contributed by atoms with Crippen molar-refractivity contribution >= 4 is 46.1 Å². The van der Waals surface area contributed by atoms with Gasteiger partial charge in [-0.2, -0.15) is 23.5 Å². The first-order valence-corrected chi connectivity index (χ1v) is 8.71. The van der Waals surface area contributed by atoms with Gasteiger partial charge in [-0.25, -0.2) is 5.43 Å². The van der Waals surface area contributed by atoms with Crippen molar-refractivity contribution in [2.75, 3.05) is 17.3 Å². The van der Waals surface area contributed by atoms with Gasteiger partial charge in [0.05, 0.1) is 11.1 Å². The summed E-state index contributed by atoms with van der Waals surface area (Å²) in [4.78, 5) is 0. The van der Waals surface area contributed by atoms with Gasteiger partial charge < -0.3 is 4.42 Å². The summed E-state index contributed by atoms with van der Waals surface area (Å²) in [5.74, 6) is 10.1. The van der Waals surface area contributed by atoms with Crippen LogP contribution in [0.3, 0.4) is 0 Å². The van der Waals surface area contributed by atoms with E-state index in [9.17, 15) is 0 Å². The van der Waals surface area contributed by atoms with Crippen molar-refractivity contribution < 1.29 is 4.42 Å². The number of nitrogens with one attached hydrogen (secondary N) is 1. The Labute approximate surface area is 125 Å². The summed E-state index contributed by atoms with van der Waals surface area (Å²) >= 11 is 10.1. The van der Waals surface area contributed by atoms with Crippen molar-refractivity contribution in [2.24, 2.45) is 5.84 Å². The maximum atomic E-state index is 6.15. The molecule has 0 amide bonds. The molecular formula is C13H15ClN2OS2. The number of halogens is 1. The van der Waals surface area contributed by atoms with Gasteiger partial charge in [-0.15, -0.1) is 0 Å². The van der Waals surface area contributed by atoms with Crippen molar-refractivity contribution in [3.05, 3.63) is 35.0 Å². The van der Waals surface area contributed by atoms with Crippen LogP contribution >= 0.6 is 35.1 Å². The van der Waals surface area contributed by atoms with Crippen LogP contribution in [-0.4, -0.2) is 22.5 Å². The zero-order chi connectivity index (χ0) is 13.2. The topological polar surface area (TPSA) is 51.2 Å². The summed E-state index contributed by atoms with van der Waals surface area (Å²) in [6, 6.07) is 7.84. The van der Waals surface area contributed by atoms with Crippen molar-refractivity contribution in [3.8, 4) is 0 Å². The van der Waals surface area contributed by atoms with E-state index >= 15 is 0 Å². The maximum Gasteiger partial charge on any atom is 0.152 e. The molecule has 2 atom stereocenters. The van der Waals surface area contributed by atoms with Crippen LogP contribution in [0.2, 0.25) is 5.02 Å². The predicted octanol–water partition coefficient (Wildman–Crippen LogP) is 3.44. The number of hydrogen-bond acceptors (Lipinski definition) is 5. The highest BCUT2D eigenvalue weighted by Gasteiger charge is 2.28. The van der Waals surface area contributed by atoms with E-state index in [0.29, 0.717) is 10.3 Å².